The molecule has 1 aliphatic carbocycles. The Kier molecular flexibility index (Phi) is 7.72. The lowest BCUT2D eigenvalue weighted by Crippen LogP contribution is -2.38. The molecule has 2 N–H and O–H groups in total. The zero-order valence-corrected chi connectivity index (χ0v) is 14.5. The van der Waals surface area contributed by atoms with Crippen LogP contribution in [-0.4, -0.2) is 32.2 Å². The molecule has 1 aliphatic rings. The molecule has 0 spiro atoms. The fourth-order valence-electron chi connectivity index (χ4n) is 1.83. The van der Waals surface area contributed by atoms with Gasteiger partial charge in [0.1, 0.15) is 5.75 Å². The quantitative estimate of drug-likeness (QED) is 0.447. The van der Waals surface area contributed by atoms with Gasteiger partial charge in [-0.05, 0) is 43.9 Å². The van der Waals surface area contributed by atoms with Gasteiger partial charge in [0.15, 0.2) is 5.96 Å². The highest BCUT2D eigenvalue weighted by Crippen LogP contribution is 2.18. The molecule has 0 bridgehead atoms. The molecule has 0 radical (unpaired) electrons. The van der Waals surface area contributed by atoms with Gasteiger partial charge in [-0.3, -0.25) is 4.99 Å². The fourth-order valence-corrected chi connectivity index (χ4v) is 1.83. The second kappa shape index (κ2) is 9.05. The second-order valence-corrected chi connectivity index (χ2v) is 4.78. The van der Waals surface area contributed by atoms with Crippen molar-refractivity contribution in [1.29, 1.82) is 0 Å². The number of methoxy groups -OCH3 is 1. The Labute approximate surface area is 138 Å². The van der Waals surface area contributed by atoms with Crippen LogP contribution in [0.15, 0.2) is 29.3 Å². The largest absolute Gasteiger partial charge is 0.497 e. The summed E-state index contributed by atoms with van der Waals surface area (Å²) in [5.41, 5.74) is 1.28. The average Bonchev–Trinajstić information content (AvgIpc) is 3.24. The Morgan fingerprint density at radius 1 is 1.30 bits per heavy atom. The Morgan fingerprint density at radius 2 is 2.00 bits per heavy atom. The molecule has 0 amide bonds. The number of hydrogen-bond donors (Lipinski definition) is 2. The van der Waals surface area contributed by atoms with Crippen LogP contribution < -0.4 is 15.4 Å². The van der Waals surface area contributed by atoms with Crippen LogP contribution in [0.25, 0.3) is 0 Å². The van der Waals surface area contributed by atoms with Gasteiger partial charge in [0.2, 0.25) is 0 Å². The lowest BCUT2D eigenvalue weighted by Gasteiger charge is -2.10. The minimum absolute atomic E-state index is 0. The molecule has 2 rings (SSSR count). The number of rotatable bonds is 6. The number of hydrogen-bond acceptors (Lipinski definition) is 2. The van der Waals surface area contributed by atoms with Gasteiger partial charge < -0.3 is 15.4 Å². The zero-order valence-electron chi connectivity index (χ0n) is 12.2. The van der Waals surface area contributed by atoms with Crippen molar-refractivity contribution >= 4 is 29.9 Å². The monoisotopic (exact) mass is 389 g/mol. The third-order valence-corrected chi connectivity index (χ3v) is 3.09. The summed E-state index contributed by atoms with van der Waals surface area (Å²) in [6.07, 6.45) is 3.48. The summed E-state index contributed by atoms with van der Waals surface area (Å²) in [5, 5.41) is 6.69. The molecule has 0 heterocycles. The fraction of sp³-hybridized carbons (Fsp3) is 0.533. The van der Waals surface area contributed by atoms with E-state index in [1.165, 1.54) is 18.4 Å². The maximum atomic E-state index is 5.15. The van der Waals surface area contributed by atoms with Crippen LogP contribution in [-0.2, 0) is 6.42 Å². The predicted octanol–water partition coefficient (Wildman–Crippen LogP) is 2.57. The lowest BCUT2D eigenvalue weighted by atomic mass is 10.1. The van der Waals surface area contributed by atoms with Gasteiger partial charge >= 0.3 is 0 Å². The highest BCUT2D eigenvalue weighted by atomic mass is 127. The van der Waals surface area contributed by atoms with Crippen molar-refractivity contribution in [3.05, 3.63) is 29.8 Å². The first-order valence-electron chi connectivity index (χ1n) is 6.99. The number of nitrogens with zero attached hydrogens (tertiary/aromatic N) is 1. The van der Waals surface area contributed by atoms with E-state index in [4.69, 9.17) is 4.74 Å². The van der Waals surface area contributed by atoms with Crippen molar-refractivity contribution in [1.82, 2.24) is 10.6 Å². The molecule has 20 heavy (non-hydrogen) atoms. The first-order chi connectivity index (χ1) is 9.31. The van der Waals surface area contributed by atoms with Crippen molar-refractivity contribution in [2.75, 3.05) is 20.2 Å². The van der Waals surface area contributed by atoms with Gasteiger partial charge in [-0.2, -0.15) is 0 Å². The normalized spacial score (nSPS) is 14.4. The highest BCUT2D eigenvalue weighted by molar-refractivity contribution is 14.0. The Bertz CT molecular complexity index is 416. The number of halogens is 1. The van der Waals surface area contributed by atoms with Gasteiger partial charge in [0, 0.05) is 19.1 Å². The molecule has 112 valence electrons. The van der Waals surface area contributed by atoms with Gasteiger partial charge in [0.25, 0.3) is 0 Å². The minimum atomic E-state index is 0. The van der Waals surface area contributed by atoms with Gasteiger partial charge in [0.05, 0.1) is 7.11 Å². The Hall–Kier alpha value is -0.980. The number of ether oxygens (including phenoxy) is 1. The minimum Gasteiger partial charge on any atom is -0.497 e. The lowest BCUT2D eigenvalue weighted by molar-refractivity contribution is 0.414. The van der Waals surface area contributed by atoms with E-state index in [1.54, 1.807) is 7.11 Å². The molecular weight excluding hydrogens is 365 g/mol. The molecule has 1 fully saturated rings. The van der Waals surface area contributed by atoms with Crippen LogP contribution in [0.5, 0.6) is 5.75 Å². The van der Waals surface area contributed by atoms with Crippen LogP contribution in [0.2, 0.25) is 0 Å². The molecule has 0 unspecified atom stereocenters. The number of benzene rings is 1. The summed E-state index contributed by atoms with van der Waals surface area (Å²) in [5.74, 6) is 1.84. The standard InChI is InChI=1S/C15H23N3O.HI/c1-3-16-15(18-13-6-7-13)17-11-10-12-4-8-14(19-2)9-5-12;/h4-5,8-9,13H,3,6-7,10-11H2,1-2H3,(H2,16,17,18);1H. The molecule has 0 atom stereocenters. The third kappa shape index (κ3) is 5.98. The second-order valence-electron chi connectivity index (χ2n) is 4.78. The van der Waals surface area contributed by atoms with E-state index in [0.29, 0.717) is 6.04 Å². The first kappa shape index (κ1) is 17.1. The molecule has 0 aliphatic heterocycles. The van der Waals surface area contributed by atoms with Crippen molar-refractivity contribution in [2.45, 2.75) is 32.2 Å². The van der Waals surface area contributed by atoms with Crippen molar-refractivity contribution in [3.8, 4) is 5.75 Å². The third-order valence-electron chi connectivity index (χ3n) is 3.09. The molecule has 5 heteroatoms. The van der Waals surface area contributed by atoms with E-state index < -0.39 is 0 Å². The van der Waals surface area contributed by atoms with E-state index in [1.807, 2.05) is 12.1 Å². The summed E-state index contributed by atoms with van der Waals surface area (Å²) in [6.45, 7) is 3.79. The van der Waals surface area contributed by atoms with Crippen LogP contribution in [0.4, 0.5) is 0 Å². The van der Waals surface area contributed by atoms with Gasteiger partial charge in [-0.25, -0.2) is 0 Å². The van der Waals surface area contributed by atoms with Crippen LogP contribution in [0.3, 0.4) is 0 Å². The van der Waals surface area contributed by atoms with E-state index in [2.05, 4.69) is 34.7 Å². The van der Waals surface area contributed by atoms with E-state index in [-0.39, 0.29) is 24.0 Å². The SMILES string of the molecule is CCNC(=NCCc1ccc(OC)cc1)NC1CC1.I. The summed E-state index contributed by atoms with van der Waals surface area (Å²) >= 11 is 0. The summed E-state index contributed by atoms with van der Waals surface area (Å²) < 4.78 is 5.15. The molecule has 1 saturated carbocycles. The van der Waals surface area contributed by atoms with E-state index in [0.717, 1.165) is 31.2 Å². The number of guanidine groups is 1. The predicted molar refractivity (Wildman–Crippen MR) is 94.2 cm³/mol. The summed E-state index contributed by atoms with van der Waals surface area (Å²) in [6, 6.07) is 8.81. The summed E-state index contributed by atoms with van der Waals surface area (Å²) in [4.78, 5) is 4.59. The van der Waals surface area contributed by atoms with Crippen LogP contribution in [0, 0.1) is 0 Å². The molecule has 1 aromatic carbocycles. The Morgan fingerprint density at radius 3 is 2.55 bits per heavy atom. The van der Waals surface area contributed by atoms with E-state index in [9.17, 15) is 0 Å². The van der Waals surface area contributed by atoms with Crippen LogP contribution in [0.1, 0.15) is 25.3 Å². The van der Waals surface area contributed by atoms with E-state index >= 15 is 0 Å². The zero-order chi connectivity index (χ0) is 13.5. The topological polar surface area (TPSA) is 45.7 Å². The Balaban J connectivity index is 0.00000200. The maximum Gasteiger partial charge on any atom is 0.191 e. The highest BCUT2D eigenvalue weighted by Gasteiger charge is 2.21. The maximum absolute atomic E-state index is 5.15. The van der Waals surface area contributed by atoms with Crippen molar-refractivity contribution < 1.29 is 4.74 Å². The van der Waals surface area contributed by atoms with Crippen LogP contribution >= 0.6 is 24.0 Å². The molecule has 4 nitrogen and oxygen atoms in total. The van der Waals surface area contributed by atoms with Crippen molar-refractivity contribution in [3.63, 3.8) is 0 Å². The smallest absolute Gasteiger partial charge is 0.191 e. The molecule has 0 saturated heterocycles. The van der Waals surface area contributed by atoms with Crippen molar-refractivity contribution in [2.24, 2.45) is 4.99 Å². The molecular formula is C15H24IN3O. The summed E-state index contributed by atoms with van der Waals surface area (Å²) in [7, 11) is 1.69. The van der Waals surface area contributed by atoms with Gasteiger partial charge in [-0.15, -0.1) is 24.0 Å². The average molecular weight is 389 g/mol. The number of aliphatic imine (C=N–C) groups is 1. The number of nitrogens with one attached hydrogen (secondary N) is 2. The molecule has 0 aromatic heterocycles. The molecule has 1 aromatic rings. The van der Waals surface area contributed by atoms with Gasteiger partial charge in [-0.1, -0.05) is 12.1 Å². The first-order valence-corrected chi connectivity index (χ1v) is 6.99.